The third-order valence-electron chi connectivity index (χ3n) is 11.9. The second-order valence-corrected chi connectivity index (χ2v) is 17.8. The lowest BCUT2D eigenvalue weighted by atomic mass is 9.86. The zero-order valence-corrected chi connectivity index (χ0v) is 39.3. The Kier molecular flexibility index (Phi) is 16.6. The Balaban J connectivity index is 0.000000161. The summed E-state index contributed by atoms with van der Waals surface area (Å²) in [6.45, 7) is 22.0. The molecule has 10 heteroatoms. The van der Waals surface area contributed by atoms with Crippen LogP contribution in [0.1, 0.15) is 186 Å². The normalized spacial score (nSPS) is 15.2. The van der Waals surface area contributed by atoms with Crippen molar-refractivity contribution in [1.29, 1.82) is 0 Å². The van der Waals surface area contributed by atoms with Gasteiger partial charge < -0.3 is 0 Å². The molecular weight excluding hydrogens is 807 g/mol. The summed E-state index contributed by atoms with van der Waals surface area (Å²) in [6.07, 6.45) is 12.4. The van der Waals surface area contributed by atoms with Crippen LogP contribution in [-0.2, 0) is 33.6 Å². The standard InChI is InChI=1S/C14H15F2NO.C14H17NO.C13H16N2O.C13H14O/c1-4-8-11(18)5-9-12(15)10(7(2)3)6-17-14(9)13(8)16;1-4-10-7-11-5-6-12(9(2)3)15-13(11)8-14(10)16;1-4-9-5-10-11(6-13(9)16)15-12(7-14-10)8(2)3;1-9(2)11-7-10-5-3-4-6-12(10)13(14)8-11/h6-7H,4-5H2,1-3H3;5-7,9H,4,8H2,1-3H3;5,7-8H,4,6H2,1-3H3;3-7,9H,8H2,1-2H3. The molecule has 4 aromatic rings. The molecule has 0 bridgehead atoms. The quantitative estimate of drug-likeness (QED) is 0.180. The fourth-order valence-electron chi connectivity index (χ4n) is 7.71. The van der Waals surface area contributed by atoms with Crippen molar-refractivity contribution in [3.05, 3.63) is 139 Å². The van der Waals surface area contributed by atoms with Crippen molar-refractivity contribution in [2.75, 3.05) is 0 Å². The molecule has 0 spiro atoms. The number of pyridine rings is 2. The van der Waals surface area contributed by atoms with E-state index in [1.54, 1.807) is 6.92 Å². The third kappa shape index (κ3) is 11.4. The second kappa shape index (κ2) is 21.7. The Labute approximate surface area is 377 Å². The average Bonchev–Trinajstić information content (AvgIpc) is 3.26. The Morgan fingerprint density at radius 1 is 0.562 bits per heavy atom. The molecule has 0 atom stereocenters. The lowest BCUT2D eigenvalue weighted by Gasteiger charge is -2.19. The van der Waals surface area contributed by atoms with E-state index in [0.717, 1.165) is 69.1 Å². The summed E-state index contributed by atoms with van der Waals surface area (Å²) in [7, 11) is 0. The molecule has 0 fully saturated rings. The monoisotopic (exact) mass is 868 g/mol. The molecular formula is C54H62F2N4O4. The van der Waals surface area contributed by atoms with Crippen molar-refractivity contribution < 1.29 is 28.0 Å². The van der Waals surface area contributed by atoms with Crippen LogP contribution in [0.2, 0.25) is 0 Å². The number of Topliss-reactive ketones (excluding diaryl/α,β-unsaturated/α-hetero) is 4. The number of allylic oxidation sites excluding steroid dienone is 4. The summed E-state index contributed by atoms with van der Waals surface area (Å²) < 4.78 is 28.2. The van der Waals surface area contributed by atoms with Crippen molar-refractivity contribution in [2.24, 2.45) is 5.92 Å². The molecule has 4 aliphatic rings. The van der Waals surface area contributed by atoms with Gasteiger partial charge in [-0.2, -0.15) is 0 Å². The van der Waals surface area contributed by atoms with Crippen molar-refractivity contribution in [1.82, 2.24) is 19.9 Å². The predicted molar refractivity (Wildman–Crippen MR) is 252 cm³/mol. The second-order valence-electron chi connectivity index (χ2n) is 17.8. The van der Waals surface area contributed by atoms with E-state index in [1.165, 1.54) is 11.8 Å². The van der Waals surface area contributed by atoms with Crippen LogP contribution in [0.3, 0.4) is 0 Å². The van der Waals surface area contributed by atoms with Gasteiger partial charge in [0, 0.05) is 53.2 Å². The van der Waals surface area contributed by atoms with Crippen molar-refractivity contribution >= 4 is 47.2 Å². The van der Waals surface area contributed by atoms with E-state index < -0.39 is 11.6 Å². The Morgan fingerprint density at radius 3 is 1.80 bits per heavy atom. The van der Waals surface area contributed by atoms with Crippen molar-refractivity contribution in [3.63, 3.8) is 0 Å². The number of halogens is 2. The predicted octanol–water partition coefficient (Wildman–Crippen LogP) is 12.5. The Hall–Kier alpha value is -5.90. The first kappa shape index (κ1) is 49.1. The summed E-state index contributed by atoms with van der Waals surface area (Å²) in [4.78, 5) is 64.4. The fourth-order valence-corrected chi connectivity index (χ4v) is 7.71. The molecule has 0 saturated heterocycles. The van der Waals surface area contributed by atoms with Gasteiger partial charge in [0.15, 0.2) is 29.0 Å². The minimum absolute atomic E-state index is 0.00616. The van der Waals surface area contributed by atoms with Gasteiger partial charge in [0.05, 0.1) is 35.6 Å². The first-order valence-electron chi connectivity index (χ1n) is 22.6. The van der Waals surface area contributed by atoms with Gasteiger partial charge in [0.1, 0.15) is 11.5 Å². The number of hydrogen-bond acceptors (Lipinski definition) is 8. The summed E-state index contributed by atoms with van der Waals surface area (Å²) in [5.41, 5.74) is 11.4. The van der Waals surface area contributed by atoms with Crippen LogP contribution in [0, 0.1) is 11.7 Å². The van der Waals surface area contributed by atoms with Crippen LogP contribution in [0.5, 0.6) is 0 Å². The van der Waals surface area contributed by atoms with Crippen LogP contribution < -0.4 is 0 Å². The van der Waals surface area contributed by atoms with Gasteiger partial charge in [-0.3, -0.25) is 39.1 Å². The summed E-state index contributed by atoms with van der Waals surface area (Å²) in [5.74, 6) is 0.349. The molecule has 0 unspecified atom stereocenters. The van der Waals surface area contributed by atoms with Gasteiger partial charge in [-0.15, -0.1) is 0 Å². The lowest BCUT2D eigenvalue weighted by molar-refractivity contribution is -0.116. The van der Waals surface area contributed by atoms with Crippen LogP contribution in [0.15, 0.2) is 71.1 Å². The molecule has 0 amide bonds. The van der Waals surface area contributed by atoms with E-state index in [4.69, 9.17) is 0 Å². The SMILES string of the molecule is CC(C)C1=Cc2ccccc2C(=O)C1.CCC1=C(F)c2ncc(C(C)C)c(F)c2CC1=O.CCC1=Cc2ccc(C(C)C)nc2CC1=O.CCC1=Cc2ncc(C(C)C)nc2CC1=O. The third-order valence-corrected chi connectivity index (χ3v) is 11.9. The highest BCUT2D eigenvalue weighted by Gasteiger charge is 2.30. The molecule has 4 aliphatic carbocycles. The van der Waals surface area contributed by atoms with E-state index in [9.17, 15) is 28.0 Å². The van der Waals surface area contributed by atoms with Gasteiger partial charge in [0.25, 0.3) is 0 Å². The number of carbonyl (C=O) groups is 4. The lowest BCUT2D eigenvalue weighted by Crippen LogP contribution is -2.18. The number of fused-ring (bicyclic) bond motifs is 4. The number of nitrogens with zero attached hydrogens (tertiary/aromatic N) is 4. The topological polar surface area (TPSA) is 120 Å². The maximum Gasteiger partial charge on any atom is 0.167 e. The minimum atomic E-state index is -0.669. The van der Waals surface area contributed by atoms with Gasteiger partial charge in [-0.05, 0) is 83.4 Å². The number of carbonyl (C=O) groups excluding carboxylic acids is 4. The molecule has 336 valence electrons. The first-order chi connectivity index (χ1) is 30.4. The van der Waals surface area contributed by atoms with Crippen LogP contribution in [0.25, 0.3) is 24.1 Å². The summed E-state index contributed by atoms with van der Waals surface area (Å²) in [5, 5.41) is 0. The van der Waals surface area contributed by atoms with E-state index in [-0.39, 0.29) is 52.3 Å². The molecule has 64 heavy (non-hydrogen) atoms. The first-order valence-corrected chi connectivity index (χ1v) is 22.6. The van der Waals surface area contributed by atoms with E-state index in [0.29, 0.717) is 49.0 Å². The molecule has 3 aromatic heterocycles. The average molecular weight is 869 g/mol. The molecule has 8 rings (SSSR count). The molecule has 0 N–H and O–H groups in total. The Bertz CT molecular complexity index is 2490. The molecule has 0 radical (unpaired) electrons. The largest absolute Gasteiger partial charge is 0.294 e. The van der Waals surface area contributed by atoms with Gasteiger partial charge in [0.2, 0.25) is 0 Å². The van der Waals surface area contributed by atoms with Crippen LogP contribution in [0.4, 0.5) is 8.78 Å². The van der Waals surface area contributed by atoms with Gasteiger partial charge in [-0.25, -0.2) is 8.78 Å². The zero-order valence-electron chi connectivity index (χ0n) is 39.3. The molecule has 1 aromatic carbocycles. The molecule has 8 nitrogen and oxygen atoms in total. The number of benzene rings is 1. The highest BCUT2D eigenvalue weighted by molar-refractivity contribution is 6.06. The van der Waals surface area contributed by atoms with E-state index in [1.807, 2.05) is 70.3 Å². The number of ketones is 4. The highest BCUT2D eigenvalue weighted by atomic mass is 19.1. The number of aromatic nitrogens is 4. The van der Waals surface area contributed by atoms with Gasteiger partial charge in [-0.1, -0.05) is 118 Å². The smallest absolute Gasteiger partial charge is 0.167 e. The molecule has 3 heterocycles. The van der Waals surface area contributed by atoms with Crippen molar-refractivity contribution in [3.8, 4) is 0 Å². The van der Waals surface area contributed by atoms with Crippen LogP contribution >= 0.6 is 0 Å². The molecule has 0 saturated carbocycles. The van der Waals surface area contributed by atoms with Crippen molar-refractivity contribution in [2.45, 2.75) is 139 Å². The zero-order chi connectivity index (χ0) is 47.0. The van der Waals surface area contributed by atoms with E-state index in [2.05, 4.69) is 79.7 Å². The van der Waals surface area contributed by atoms with E-state index >= 15 is 0 Å². The van der Waals surface area contributed by atoms with Crippen LogP contribution in [-0.4, -0.2) is 43.1 Å². The summed E-state index contributed by atoms with van der Waals surface area (Å²) in [6, 6.07) is 12.0. The number of hydrogen-bond donors (Lipinski definition) is 0. The van der Waals surface area contributed by atoms with Gasteiger partial charge >= 0.3 is 0 Å². The fraction of sp³-hybridized carbons (Fsp3) is 0.407. The highest BCUT2D eigenvalue weighted by Crippen LogP contribution is 2.34. The minimum Gasteiger partial charge on any atom is -0.294 e. The maximum atomic E-state index is 14.2. The number of rotatable bonds is 7. The molecule has 0 aliphatic heterocycles. The Morgan fingerprint density at radius 2 is 1.19 bits per heavy atom. The summed E-state index contributed by atoms with van der Waals surface area (Å²) >= 11 is 0. The maximum absolute atomic E-state index is 14.2.